The Morgan fingerprint density at radius 1 is 1.32 bits per heavy atom. The molecule has 0 fully saturated rings. The van der Waals surface area contributed by atoms with Gasteiger partial charge in [-0.05, 0) is 30.8 Å². The fourth-order valence-electron chi connectivity index (χ4n) is 2.30. The molecule has 1 aromatic carbocycles. The predicted molar refractivity (Wildman–Crippen MR) is 80.8 cm³/mol. The maximum absolute atomic E-state index is 5.40. The van der Waals surface area contributed by atoms with Crippen molar-refractivity contribution in [3.05, 3.63) is 42.2 Å². The van der Waals surface area contributed by atoms with Crippen LogP contribution < -0.4 is 5.32 Å². The van der Waals surface area contributed by atoms with Gasteiger partial charge in [0, 0.05) is 18.0 Å². The molecule has 19 heavy (non-hydrogen) atoms. The summed E-state index contributed by atoms with van der Waals surface area (Å²) in [5, 5.41) is 6.01. The number of hydrogen-bond acceptors (Lipinski definition) is 2. The van der Waals surface area contributed by atoms with Crippen LogP contribution in [0.3, 0.4) is 0 Å². The maximum atomic E-state index is 5.40. The molecule has 0 aliphatic heterocycles. The zero-order valence-electron chi connectivity index (χ0n) is 11.4. The van der Waals surface area contributed by atoms with Crippen molar-refractivity contribution in [2.24, 2.45) is 0 Å². The summed E-state index contributed by atoms with van der Waals surface area (Å²) >= 11 is 0. The van der Waals surface area contributed by atoms with Gasteiger partial charge in [0.2, 0.25) is 0 Å². The number of pyridine rings is 1. The second-order valence-electron chi connectivity index (χ2n) is 4.67. The van der Waals surface area contributed by atoms with Crippen molar-refractivity contribution in [3.63, 3.8) is 0 Å². The third kappa shape index (κ3) is 3.33. The van der Waals surface area contributed by atoms with Crippen LogP contribution in [0.1, 0.15) is 37.9 Å². The molecule has 0 amide bonds. The third-order valence-electron chi connectivity index (χ3n) is 3.25. The number of nitrogens with zero attached hydrogens (tertiary/aromatic N) is 1. The van der Waals surface area contributed by atoms with Crippen LogP contribution in [-0.2, 0) is 0 Å². The summed E-state index contributed by atoms with van der Waals surface area (Å²) in [6.45, 7) is 3.15. The van der Waals surface area contributed by atoms with Gasteiger partial charge in [0.1, 0.15) is 0 Å². The zero-order valence-corrected chi connectivity index (χ0v) is 11.4. The first-order valence-electron chi connectivity index (χ1n) is 6.87. The van der Waals surface area contributed by atoms with E-state index in [-0.39, 0.29) is 6.04 Å². The van der Waals surface area contributed by atoms with E-state index in [2.05, 4.69) is 53.5 Å². The lowest BCUT2D eigenvalue weighted by Crippen LogP contribution is -2.23. The van der Waals surface area contributed by atoms with Crippen LogP contribution in [0, 0.1) is 12.3 Å². The Bertz CT molecular complexity index is 563. The average Bonchev–Trinajstić information content (AvgIpc) is 2.47. The van der Waals surface area contributed by atoms with Crippen LogP contribution in [0.25, 0.3) is 10.8 Å². The van der Waals surface area contributed by atoms with Gasteiger partial charge in [-0.25, -0.2) is 0 Å². The predicted octanol–water partition coefficient (Wildman–Crippen LogP) is 3.69. The molecule has 98 valence electrons. The van der Waals surface area contributed by atoms with Gasteiger partial charge in [0.25, 0.3) is 0 Å². The molecule has 0 saturated heterocycles. The highest BCUT2D eigenvalue weighted by atomic mass is 14.9. The molecule has 0 bridgehead atoms. The molecular weight excluding hydrogens is 232 g/mol. The molecule has 1 unspecified atom stereocenters. The summed E-state index contributed by atoms with van der Waals surface area (Å²) in [4.78, 5) is 4.58. The molecule has 0 radical (unpaired) electrons. The van der Waals surface area contributed by atoms with E-state index in [4.69, 9.17) is 6.42 Å². The Morgan fingerprint density at radius 3 is 2.95 bits per heavy atom. The monoisotopic (exact) mass is 252 g/mol. The first kappa shape index (κ1) is 13.6. The van der Waals surface area contributed by atoms with E-state index in [0.29, 0.717) is 0 Å². The van der Waals surface area contributed by atoms with Gasteiger partial charge in [0.05, 0.1) is 11.7 Å². The molecule has 1 atom stereocenters. The smallest absolute Gasteiger partial charge is 0.0651 e. The van der Waals surface area contributed by atoms with Crippen molar-refractivity contribution in [1.82, 2.24) is 10.3 Å². The van der Waals surface area contributed by atoms with E-state index in [0.717, 1.165) is 31.5 Å². The van der Waals surface area contributed by atoms with Gasteiger partial charge in [0.15, 0.2) is 0 Å². The standard InChI is InChI=1S/C17H20N2/c1-3-5-10-16(18-12-4-2)17-15-9-7-6-8-14(15)11-13-19-17/h1,6-9,11,13,16,18H,4-5,10,12H2,2H3. The molecule has 0 spiro atoms. The van der Waals surface area contributed by atoms with Gasteiger partial charge in [-0.1, -0.05) is 31.2 Å². The van der Waals surface area contributed by atoms with E-state index in [1.165, 1.54) is 10.8 Å². The van der Waals surface area contributed by atoms with E-state index in [1.807, 2.05) is 6.20 Å². The summed E-state index contributed by atoms with van der Waals surface area (Å²) in [5.74, 6) is 2.72. The van der Waals surface area contributed by atoms with Crippen molar-refractivity contribution in [1.29, 1.82) is 0 Å². The Hall–Kier alpha value is -1.85. The summed E-state index contributed by atoms with van der Waals surface area (Å²) < 4.78 is 0. The topological polar surface area (TPSA) is 24.9 Å². The number of hydrogen-bond donors (Lipinski definition) is 1. The van der Waals surface area contributed by atoms with E-state index >= 15 is 0 Å². The fourth-order valence-corrected chi connectivity index (χ4v) is 2.30. The number of terminal acetylenes is 1. The Morgan fingerprint density at radius 2 is 2.16 bits per heavy atom. The van der Waals surface area contributed by atoms with Crippen molar-refractivity contribution in [3.8, 4) is 12.3 Å². The van der Waals surface area contributed by atoms with Crippen molar-refractivity contribution >= 4 is 10.8 Å². The minimum atomic E-state index is 0.238. The first-order chi connectivity index (χ1) is 9.36. The lowest BCUT2D eigenvalue weighted by molar-refractivity contribution is 0.498. The molecule has 0 aliphatic carbocycles. The zero-order chi connectivity index (χ0) is 13.5. The Kier molecular flexibility index (Phi) is 4.94. The van der Waals surface area contributed by atoms with E-state index in [9.17, 15) is 0 Å². The molecule has 0 saturated carbocycles. The third-order valence-corrected chi connectivity index (χ3v) is 3.25. The van der Waals surface area contributed by atoms with Gasteiger partial charge < -0.3 is 5.32 Å². The van der Waals surface area contributed by atoms with Crippen LogP contribution in [-0.4, -0.2) is 11.5 Å². The molecule has 1 aromatic heterocycles. The van der Waals surface area contributed by atoms with Gasteiger partial charge in [-0.3, -0.25) is 4.98 Å². The molecule has 0 aliphatic rings. The molecule has 2 nitrogen and oxygen atoms in total. The van der Waals surface area contributed by atoms with Crippen molar-refractivity contribution in [2.75, 3.05) is 6.54 Å². The van der Waals surface area contributed by atoms with Crippen LogP contribution in [0.4, 0.5) is 0 Å². The van der Waals surface area contributed by atoms with Gasteiger partial charge in [-0.15, -0.1) is 12.3 Å². The van der Waals surface area contributed by atoms with Crippen molar-refractivity contribution < 1.29 is 0 Å². The quantitative estimate of drug-likeness (QED) is 0.793. The van der Waals surface area contributed by atoms with Crippen LogP contribution in [0.15, 0.2) is 36.5 Å². The summed E-state index contributed by atoms with van der Waals surface area (Å²) in [6.07, 6.45) is 10.1. The molecular formula is C17H20N2. The highest BCUT2D eigenvalue weighted by Crippen LogP contribution is 2.24. The largest absolute Gasteiger partial charge is 0.309 e. The maximum Gasteiger partial charge on any atom is 0.0651 e. The highest BCUT2D eigenvalue weighted by Gasteiger charge is 2.14. The van der Waals surface area contributed by atoms with E-state index < -0.39 is 0 Å². The van der Waals surface area contributed by atoms with Gasteiger partial charge >= 0.3 is 0 Å². The molecule has 2 rings (SSSR count). The molecule has 2 aromatic rings. The number of rotatable bonds is 6. The van der Waals surface area contributed by atoms with Crippen LogP contribution in [0.2, 0.25) is 0 Å². The lowest BCUT2D eigenvalue weighted by Gasteiger charge is -2.18. The SMILES string of the molecule is C#CCCC(NCCC)c1nccc2ccccc12. The molecule has 1 N–H and O–H groups in total. The van der Waals surface area contributed by atoms with E-state index in [1.54, 1.807) is 0 Å². The Labute approximate surface area is 115 Å². The number of fused-ring (bicyclic) bond motifs is 1. The number of nitrogens with one attached hydrogen (secondary N) is 1. The van der Waals surface area contributed by atoms with Crippen LogP contribution >= 0.6 is 0 Å². The minimum absolute atomic E-state index is 0.238. The fraction of sp³-hybridized carbons (Fsp3) is 0.353. The molecule has 1 heterocycles. The lowest BCUT2D eigenvalue weighted by atomic mass is 10.0. The molecule has 2 heteroatoms. The summed E-state index contributed by atoms with van der Waals surface area (Å²) in [7, 11) is 0. The average molecular weight is 252 g/mol. The van der Waals surface area contributed by atoms with Crippen LogP contribution in [0.5, 0.6) is 0 Å². The number of benzene rings is 1. The van der Waals surface area contributed by atoms with Gasteiger partial charge in [-0.2, -0.15) is 0 Å². The minimum Gasteiger partial charge on any atom is -0.309 e. The number of aromatic nitrogens is 1. The van der Waals surface area contributed by atoms with Crippen molar-refractivity contribution in [2.45, 2.75) is 32.2 Å². The summed E-state index contributed by atoms with van der Waals surface area (Å²) in [5.41, 5.74) is 1.11. The second kappa shape index (κ2) is 6.92. The summed E-state index contributed by atoms with van der Waals surface area (Å²) in [6, 6.07) is 10.7. The normalized spacial score (nSPS) is 12.2. The second-order valence-corrected chi connectivity index (χ2v) is 4.67. The first-order valence-corrected chi connectivity index (χ1v) is 6.87. The highest BCUT2D eigenvalue weighted by molar-refractivity contribution is 5.84. The Balaban J connectivity index is 2.34.